The summed E-state index contributed by atoms with van der Waals surface area (Å²) in [4.78, 5) is 12.6. The normalized spacial score (nSPS) is 22.5. The van der Waals surface area contributed by atoms with Crippen molar-refractivity contribution in [3.8, 4) is 0 Å². The van der Waals surface area contributed by atoms with Crippen molar-refractivity contribution in [2.75, 3.05) is 0 Å². The number of nitrogens with zero attached hydrogens (tertiary/aromatic N) is 3. The molecule has 8 heteroatoms. The Hall–Kier alpha value is -2.54. The standard InChI is InChI=1S/C20H14ClF4N3/c21-15-5-4-13(22)10-14(15)19(20(23,24)25)7-6-12(19)11-28-17-3-1-2-16-18(17)27-9-8-26-16/h1-5,8-12H,6-7H2. The molecule has 1 aliphatic carbocycles. The Bertz CT molecular complexity index is 1060. The molecular formula is C20H14ClF4N3. The highest BCUT2D eigenvalue weighted by molar-refractivity contribution is 6.31. The third-order valence-electron chi connectivity index (χ3n) is 5.27. The lowest BCUT2D eigenvalue weighted by Gasteiger charge is -2.49. The van der Waals surface area contributed by atoms with Crippen molar-refractivity contribution in [2.45, 2.75) is 24.4 Å². The number of aromatic nitrogens is 2. The molecule has 3 aromatic rings. The lowest BCUT2D eigenvalue weighted by molar-refractivity contribution is -0.223. The van der Waals surface area contributed by atoms with Gasteiger partial charge in [0.25, 0.3) is 0 Å². The Kier molecular flexibility index (Phi) is 4.57. The van der Waals surface area contributed by atoms with E-state index < -0.39 is 23.3 Å². The average molecular weight is 408 g/mol. The van der Waals surface area contributed by atoms with Crippen molar-refractivity contribution in [1.82, 2.24) is 9.97 Å². The van der Waals surface area contributed by atoms with Crippen molar-refractivity contribution < 1.29 is 17.6 Å². The van der Waals surface area contributed by atoms with Crippen molar-refractivity contribution in [3.63, 3.8) is 0 Å². The molecule has 2 atom stereocenters. The van der Waals surface area contributed by atoms with Crippen LogP contribution in [0.15, 0.2) is 53.8 Å². The van der Waals surface area contributed by atoms with E-state index in [0.29, 0.717) is 16.7 Å². The molecule has 3 nitrogen and oxygen atoms in total. The maximum atomic E-state index is 14.1. The van der Waals surface area contributed by atoms with Crippen molar-refractivity contribution in [1.29, 1.82) is 0 Å². The molecule has 144 valence electrons. The van der Waals surface area contributed by atoms with Crippen LogP contribution in [0.5, 0.6) is 0 Å². The number of aliphatic imine (C=N–C) groups is 1. The molecule has 0 N–H and O–H groups in total. The first kappa shape index (κ1) is 18.8. The van der Waals surface area contributed by atoms with Crippen LogP contribution in [0.25, 0.3) is 11.0 Å². The van der Waals surface area contributed by atoms with Gasteiger partial charge in [0.15, 0.2) is 0 Å². The zero-order valence-electron chi connectivity index (χ0n) is 14.4. The molecule has 28 heavy (non-hydrogen) atoms. The number of fused-ring (bicyclic) bond motifs is 1. The molecule has 1 aliphatic rings. The van der Waals surface area contributed by atoms with E-state index in [2.05, 4.69) is 15.0 Å². The Labute approximate surface area is 163 Å². The van der Waals surface area contributed by atoms with Crippen LogP contribution in [-0.4, -0.2) is 22.4 Å². The van der Waals surface area contributed by atoms with E-state index >= 15 is 0 Å². The molecule has 4 rings (SSSR count). The molecule has 1 fully saturated rings. The molecule has 1 aromatic heterocycles. The number of halogens is 5. The van der Waals surface area contributed by atoms with Crippen molar-refractivity contribution >= 4 is 34.5 Å². The fourth-order valence-corrected chi connectivity index (χ4v) is 4.02. The molecule has 0 bridgehead atoms. The van der Waals surface area contributed by atoms with Gasteiger partial charge in [-0.2, -0.15) is 13.2 Å². The first-order valence-corrected chi connectivity index (χ1v) is 8.97. The van der Waals surface area contributed by atoms with Crippen LogP contribution in [0.2, 0.25) is 5.02 Å². The van der Waals surface area contributed by atoms with Gasteiger partial charge in [0.2, 0.25) is 0 Å². The predicted octanol–water partition coefficient (Wildman–Crippen LogP) is 6.03. The van der Waals surface area contributed by atoms with Gasteiger partial charge in [-0.1, -0.05) is 17.7 Å². The van der Waals surface area contributed by atoms with Crippen LogP contribution >= 0.6 is 11.6 Å². The molecule has 0 amide bonds. The second-order valence-corrected chi connectivity index (χ2v) is 7.13. The van der Waals surface area contributed by atoms with Gasteiger partial charge in [0.1, 0.15) is 16.7 Å². The minimum Gasteiger partial charge on any atom is -0.259 e. The zero-order valence-corrected chi connectivity index (χ0v) is 15.2. The topological polar surface area (TPSA) is 38.1 Å². The van der Waals surface area contributed by atoms with Crippen molar-refractivity contribution in [3.05, 3.63) is 65.2 Å². The van der Waals surface area contributed by atoms with E-state index in [1.54, 1.807) is 18.2 Å². The Balaban J connectivity index is 1.77. The summed E-state index contributed by atoms with van der Waals surface area (Å²) >= 11 is 6.03. The smallest absolute Gasteiger partial charge is 0.259 e. The van der Waals surface area contributed by atoms with Gasteiger partial charge in [-0.15, -0.1) is 0 Å². The summed E-state index contributed by atoms with van der Waals surface area (Å²) in [5.74, 6) is -1.71. The summed E-state index contributed by atoms with van der Waals surface area (Å²) in [6.07, 6.45) is -0.197. The monoisotopic (exact) mass is 407 g/mol. The van der Waals surface area contributed by atoms with E-state index in [-0.39, 0.29) is 23.4 Å². The van der Waals surface area contributed by atoms with Crippen LogP contribution in [0.4, 0.5) is 23.2 Å². The maximum absolute atomic E-state index is 14.1. The number of rotatable bonds is 3. The maximum Gasteiger partial charge on any atom is 0.399 e. The third-order valence-corrected chi connectivity index (χ3v) is 5.60. The first-order valence-electron chi connectivity index (χ1n) is 8.59. The van der Waals surface area contributed by atoms with E-state index in [0.717, 1.165) is 18.2 Å². The first-order chi connectivity index (χ1) is 13.3. The van der Waals surface area contributed by atoms with Crippen LogP contribution < -0.4 is 0 Å². The fourth-order valence-electron chi connectivity index (χ4n) is 3.73. The van der Waals surface area contributed by atoms with Crippen LogP contribution in [0.1, 0.15) is 18.4 Å². The Morgan fingerprint density at radius 3 is 2.64 bits per heavy atom. The van der Waals surface area contributed by atoms with Gasteiger partial charge in [0.05, 0.1) is 11.2 Å². The quantitative estimate of drug-likeness (QED) is 0.392. The molecule has 0 radical (unpaired) electrons. The summed E-state index contributed by atoms with van der Waals surface area (Å²) in [5, 5.41) is -0.104. The summed E-state index contributed by atoms with van der Waals surface area (Å²) in [6, 6.07) is 8.21. The average Bonchev–Trinajstić information content (AvgIpc) is 2.63. The Morgan fingerprint density at radius 2 is 1.93 bits per heavy atom. The van der Waals surface area contributed by atoms with E-state index in [1.165, 1.54) is 18.6 Å². The Morgan fingerprint density at radius 1 is 1.14 bits per heavy atom. The number of alkyl halides is 3. The second-order valence-electron chi connectivity index (χ2n) is 6.72. The largest absolute Gasteiger partial charge is 0.399 e. The highest BCUT2D eigenvalue weighted by Crippen LogP contribution is 2.59. The van der Waals surface area contributed by atoms with Crippen LogP contribution in [-0.2, 0) is 5.41 Å². The minimum atomic E-state index is -4.60. The molecule has 2 unspecified atom stereocenters. The molecule has 1 saturated carbocycles. The van der Waals surface area contributed by atoms with Gasteiger partial charge in [-0.05, 0) is 48.7 Å². The lowest BCUT2D eigenvalue weighted by atomic mass is 9.56. The highest BCUT2D eigenvalue weighted by atomic mass is 35.5. The lowest BCUT2D eigenvalue weighted by Crippen LogP contribution is -2.56. The summed E-state index contributed by atoms with van der Waals surface area (Å²) in [6.45, 7) is 0. The van der Waals surface area contributed by atoms with Crippen LogP contribution in [0, 0.1) is 11.7 Å². The van der Waals surface area contributed by atoms with Gasteiger partial charge < -0.3 is 0 Å². The molecule has 0 saturated heterocycles. The number of hydrogen-bond donors (Lipinski definition) is 0. The predicted molar refractivity (Wildman–Crippen MR) is 99.6 cm³/mol. The summed E-state index contributed by atoms with van der Waals surface area (Å²) in [5.41, 5.74) is -0.977. The highest BCUT2D eigenvalue weighted by Gasteiger charge is 2.65. The third kappa shape index (κ3) is 2.94. The van der Waals surface area contributed by atoms with Gasteiger partial charge in [0, 0.05) is 29.5 Å². The van der Waals surface area contributed by atoms with Crippen LogP contribution in [0.3, 0.4) is 0 Å². The van der Waals surface area contributed by atoms with E-state index in [9.17, 15) is 17.6 Å². The van der Waals surface area contributed by atoms with Gasteiger partial charge in [-0.25, -0.2) is 4.39 Å². The molecule has 2 aromatic carbocycles. The second kappa shape index (κ2) is 6.81. The fraction of sp³-hybridized carbons (Fsp3) is 0.250. The number of para-hydroxylation sites is 1. The summed E-state index contributed by atoms with van der Waals surface area (Å²) in [7, 11) is 0. The van der Waals surface area contributed by atoms with E-state index in [1.807, 2.05) is 0 Å². The van der Waals surface area contributed by atoms with Gasteiger partial charge >= 0.3 is 6.18 Å². The molecule has 0 spiro atoms. The SMILES string of the molecule is Fc1ccc(Cl)c(C2(C(F)(F)F)CCC2C=Nc2cccc3nccnc23)c1. The molecule has 1 heterocycles. The minimum absolute atomic E-state index is 0.104. The molecule has 0 aliphatic heterocycles. The van der Waals surface area contributed by atoms with Crippen molar-refractivity contribution in [2.24, 2.45) is 10.9 Å². The van der Waals surface area contributed by atoms with E-state index in [4.69, 9.17) is 11.6 Å². The molecular weight excluding hydrogens is 394 g/mol. The van der Waals surface area contributed by atoms with Gasteiger partial charge in [-0.3, -0.25) is 15.0 Å². The number of benzene rings is 2. The zero-order chi connectivity index (χ0) is 19.9. The summed E-state index contributed by atoms with van der Waals surface area (Å²) < 4.78 is 56.1. The number of hydrogen-bond acceptors (Lipinski definition) is 3.